The Morgan fingerprint density at radius 2 is 2.00 bits per heavy atom. The van der Waals surface area contributed by atoms with Gasteiger partial charge in [-0.1, -0.05) is 23.2 Å². The maximum atomic E-state index is 12.2. The molecule has 0 saturated carbocycles. The quantitative estimate of drug-likeness (QED) is 0.301. The molecule has 0 unspecified atom stereocenters. The number of carbonyl (C=O) groups is 2. The molecule has 11 heteroatoms. The monoisotopic (exact) mass is 452 g/mol. The average molecular weight is 453 g/mol. The van der Waals surface area contributed by atoms with Gasteiger partial charge in [0.25, 0.3) is 11.6 Å². The molecule has 30 heavy (non-hydrogen) atoms. The summed E-state index contributed by atoms with van der Waals surface area (Å²) in [5, 5.41) is 13.5. The molecule has 9 nitrogen and oxygen atoms in total. The van der Waals surface area contributed by atoms with E-state index in [4.69, 9.17) is 37.4 Å². The molecule has 2 aromatic rings. The molecule has 0 saturated heterocycles. The van der Waals surface area contributed by atoms with Crippen LogP contribution in [-0.4, -0.2) is 29.7 Å². The summed E-state index contributed by atoms with van der Waals surface area (Å²) < 4.78 is 15.5. The van der Waals surface area contributed by atoms with Crippen molar-refractivity contribution >= 4 is 52.5 Å². The number of nitro benzene ring substituents is 1. The van der Waals surface area contributed by atoms with Crippen molar-refractivity contribution in [1.29, 1.82) is 0 Å². The van der Waals surface area contributed by atoms with Crippen LogP contribution >= 0.6 is 23.2 Å². The van der Waals surface area contributed by atoms with E-state index in [0.29, 0.717) is 22.1 Å². The fraction of sp³-hybridized carbons (Fsp3) is 0.158. The number of nitrogens with one attached hydrogen (secondary N) is 1. The summed E-state index contributed by atoms with van der Waals surface area (Å²) in [7, 11) is 0. The fourth-order valence-electron chi connectivity index (χ4n) is 2.47. The first-order valence-electron chi connectivity index (χ1n) is 8.47. The molecule has 0 spiro atoms. The van der Waals surface area contributed by atoms with Crippen LogP contribution in [0.3, 0.4) is 0 Å². The summed E-state index contributed by atoms with van der Waals surface area (Å²) in [5.41, 5.74) is 0.517. The number of halogens is 2. The summed E-state index contributed by atoms with van der Waals surface area (Å²) in [6.07, 6.45) is 1.44. The summed E-state index contributed by atoms with van der Waals surface area (Å²) in [6.45, 7) is 1.44. The van der Waals surface area contributed by atoms with Gasteiger partial charge >= 0.3 is 5.97 Å². The van der Waals surface area contributed by atoms with Gasteiger partial charge in [-0.15, -0.1) is 0 Å². The number of ether oxygens (including phenoxy) is 3. The van der Waals surface area contributed by atoms with Crippen LogP contribution < -0.4 is 14.8 Å². The van der Waals surface area contributed by atoms with Crippen LogP contribution in [0.1, 0.15) is 12.5 Å². The van der Waals surface area contributed by atoms with Crippen molar-refractivity contribution in [3.05, 3.63) is 62.1 Å². The molecule has 1 heterocycles. The highest BCUT2D eigenvalue weighted by molar-refractivity contribution is 6.34. The van der Waals surface area contributed by atoms with Gasteiger partial charge in [-0.05, 0) is 36.8 Å². The second-order valence-electron chi connectivity index (χ2n) is 6.06. The molecule has 2 aromatic carbocycles. The Morgan fingerprint density at radius 3 is 2.70 bits per heavy atom. The highest BCUT2D eigenvalue weighted by Gasteiger charge is 2.20. The Kier molecular flexibility index (Phi) is 6.43. The molecule has 1 amide bonds. The van der Waals surface area contributed by atoms with Crippen molar-refractivity contribution in [2.75, 3.05) is 12.1 Å². The molecule has 1 N–H and O–H groups in total. The lowest BCUT2D eigenvalue weighted by Gasteiger charge is -2.13. The lowest BCUT2D eigenvalue weighted by Crippen LogP contribution is -2.29. The van der Waals surface area contributed by atoms with Crippen molar-refractivity contribution in [3.63, 3.8) is 0 Å². The summed E-state index contributed by atoms with van der Waals surface area (Å²) in [4.78, 5) is 34.3. The topological polar surface area (TPSA) is 117 Å². The molecular weight excluding hydrogens is 439 g/mol. The van der Waals surface area contributed by atoms with E-state index < -0.39 is 22.9 Å². The van der Waals surface area contributed by atoms with Crippen molar-refractivity contribution in [2.24, 2.45) is 0 Å². The summed E-state index contributed by atoms with van der Waals surface area (Å²) >= 11 is 12.0. The Morgan fingerprint density at radius 1 is 1.23 bits per heavy atom. The van der Waals surface area contributed by atoms with Crippen LogP contribution in [0, 0.1) is 10.1 Å². The minimum Gasteiger partial charge on any atom is -0.454 e. The summed E-state index contributed by atoms with van der Waals surface area (Å²) in [5.74, 6) is -0.519. The van der Waals surface area contributed by atoms with Crippen LogP contribution in [-0.2, 0) is 14.3 Å². The van der Waals surface area contributed by atoms with Gasteiger partial charge in [0.15, 0.2) is 17.6 Å². The predicted octanol–water partition coefficient (Wildman–Crippen LogP) is 4.21. The number of non-ortho nitro benzene ring substituents is 1. The zero-order valence-corrected chi connectivity index (χ0v) is 16.9. The Labute approximate surface area is 180 Å². The number of rotatable bonds is 6. The van der Waals surface area contributed by atoms with Crippen LogP contribution in [0.4, 0.5) is 11.4 Å². The molecule has 0 radical (unpaired) electrons. The van der Waals surface area contributed by atoms with E-state index in [0.717, 1.165) is 12.1 Å². The second-order valence-corrected chi connectivity index (χ2v) is 6.87. The van der Waals surface area contributed by atoms with Crippen LogP contribution in [0.15, 0.2) is 36.4 Å². The lowest BCUT2D eigenvalue weighted by atomic mass is 10.2. The zero-order chi connectivity index (χ0) is 21.8. The van der Waals surface area contributed by atoms with Gasteiger partial charge in [0.05, 0.1) is 20.7 Å². The Balaban J connectivity index is 1.59. The standard InChI is InChI=1S/C19H14Cl2N2O7/c1-10(19(25)22-15-4-3-12(23(26)27)8-13(15)20)30-17(24)5-2-11-6-14(21)18-16(7-11)28-9-29-18/h2-8,10H,9H2,1H3,(H,22,25)/b5-2-/t10-/m1/s1. The minimum absolute atomic E-state index is 0.0179. The number of benzene rings is 2. The van der Waals surface area contributed by atoms with Gasteiger partial charge in [0.2, 0.25) is 6.79 Å². The molecule has 1 atom stereocenters. The first kappa shape index (κ1) is 21.4. The van der Waals surface area contributed by atoms with Gasteiger partial charge in [-0.25, -0.2) is 4.79 Å². The molecule has 0 fully saturated rings. The van der Waals surface area contributed by atoms with Gasteiger partial charge in [-0.2, -0.15) is 0 Å². The van der Waals surface area contributed by atoms with E-state index >= 15 is 0 Å². The maximum Gasteiger partial charge on any atom is 0.331 e. The number of hydrogen-bond donors (Lipinski definition) is 1. The summed E-state index contributed by atoms with van der Waals surface area (Å²) in [6, 6.07) is 6.82. The third kappa shape index (κ3) is 5.00. The van der Waals surface area contributed by atoms with Gasteiger partial charge < -0.3 is 19.5 Å². The molecular formula is C19H14Cl2N2O7. The molecule has 0 aliphatic carbocycles. The molecule has 0 aromatic heterocycles. The Bertz CT molecular complexity index is 1060. The number of nitrogens with zero attached hydrogens (tertiary/aromatic N) is 1. The number of carbonyl (C=O) groups excluding carboxylic acids is 2. The van der Waals surface area contributed by atoms with Crippen molar-refractivity contribution < 1.29 is 28.7 Å². The number of anilines is 1. The first-order chi connectivity index (χ1) is 14.2. The first-order valence-corrected chi connectivity index (χ1v) is 9.23. The number of esters is 1. The van der Waals surface area contributed by atoms with Crippen molar-refractivity contribution in [3.8, 4) is 11.5 Å². The average Bonchev–Trinajstić information content (AvgIpc) is 3.17. The minimum atomic E-state index is -1.14. The largest absolute Gasteiger partial charge is 0.454 e. The van der Waals surface area contributed by atoms with Crippen molar-refractivity contribution in [1.82, 2.24) is 0 Å². The highest BCUT2D eigenvalue weighted by Crippen LogP contribution is 2.40. The Hall–Kier alpha value is -3.30. The van der Waals surface area contributed by atoms with Crippen LogP contribution in [0.5, 0.6) is 11.5 Å². The van der Waals surface area contributed by atoms with E-state index in [1.54, 1.807) is 12.1 Å². The van der Waals surface area contributed by atoms with E-state index in [9.17, 15) is 19.7 Å². The predicted molar refractivity (Wildman–Crippen MR) is 109 cm³/mol. The third-order valence-corrected chi connectivity index (χ3v) is 4.54. The number of nitro groups is 1. The van der Waals surface area contributed by atoms with E-state index in [2.05, 4.69) is 5.32 Å². The van der Waals surface area contributed by atoms with Crippen molar-refractivity contribution in [2.45, 2.75) is 13.0 Å². The van der Waals surface area contributed by atoms with E-state index in [1.165, 1.54) is 25.1 Å². The smallest absolute Gasteiger partial charge is 0.331 e. The third-order valence-electron chi connectivity index (χ3n) is 3.94. The van der Waals surface area contributed by atoms with Gasteiger partial charge in [-0.3, -0.25) is 14.9 Å². The maximum absolute atomic E-state index is 12.2. The number of fused-ring (bicyclic) bond motifs is 1. The molecule has 1 aliphatic rings. The molecule has 3 rings (SSSR count). The molecule has 1 aliphatic heterocycles. The molecule has 0 bridgehead atoms. The second kappa shape index (κ2) is 9.02. The number of hydrogen-bond acceptors (Lipinski definition) is 7. The lowest BCUT2D eigenvalue weighted by molar-refractivity contribution is -0.384. The van der Waals surface area contributed by atoms with E-state index in [1.807, 2.05) is 0 Å². The fourth-order valence-corrected chi connectivity index (χ4v) is 2.96. The van der Waals surface area contributed by atoms with Gasteiger partial charge in [0.1, 0.15) is 0 Å². The number of amides is 1. The highest BCUT2D eigenvalue weighted by atomic mass is 35.5. The van der Waals surface area contributed by atoms with Crippen LogP contribution in [0.25, 0.3) is 6.08 Å². The van der Waals surface area contributed by atoms with Gasteiger partial charge in [0, 0.05) is 18.2 Å². The SMILES string of the molecule is C[C@@H](OC(=O)/C=C\c1cc(Cl)c2c(c1)OCO2)C(=O)Nc1ccc([N+](=O)[O-])cc1Cl. The van der Waals surface area contributed by atoms with Crippen LogP contribution in [0.2, 0.25) is 10.0 Å². The van der Waals surface area contributed by atoms with E-state index in [-0.39, 0.29) is 23.2 Å². The normalized spacial score (nSPS) is 13.2. The zero-order valence-electron chi connectivity index (χ0n) is 15.4. The molecule has 156 valence electrons.